The van der Waals surface area contributed by atoms with Crippen molar-refractivity contribution < 1.29 is 17.9 Å². The molecule has 0 aliphatic rings. The van der Waals surface area contributed by atoms with Crippen LogP contribution in [0.4, 0.5) is 13.2 Å². The number of benzene rings is 2. The SMILES string of the molecule is CC=CNCc1ccc(Oc2ccc(C(F)(F)F)cc2)c2[nH]c(=O)ccc12. The third-order valence-corrected chi connectivity index (χ3v) is 3.93. The highest BCUT2D eigenvalue weighted by atomic mass is 19.4. The number of hydrogen-bond acceptors (Lipinski definition) is 3. The number of aromatic nitrogens is 1. The van der Waals surface area contributed by atoms with E-state index in [0.717, 1.165) is 23.1 Å². The van der Waals surface area contributed by atoms with E-state index in [-0.39, 0.29) is 11.3 Å². The van der Waals surface area contributed by atoms with E-state index in [1.165, 1.54) is 18.2 Å². The average molecular weight is 374 g/mol. The van der Waals surface area contributed by atoms with Gasteiger partial charge in [0.05, 0.1) is 11.1 Å². The standard InChI is InChI=1S/C20H17F3N2O2/c1-2-11-24-12-13-3-9-17(19-16(13)8-10-18(26)25-19)27-15-6-4-14(5-7-15)20(21,22)23/h2-11,24H,12H2,1H3,(H,25,26). The van der Waals surface area contributed by atoms with Crippen LogP contribution < -0.4 is 15.6 Å². The largest absolute Gasteiger partial charge is 0.455 e. The number of fused-ring (bicyclic) bond motifs is 1. The fourth-order valence-corrected chi connectivity index (χ4v) is 2.65. The molecule has 0 spiro atoms. The summed E-state index contributed by atoms with van der Waals surface area (Å²) < 4.78 is 43.8. The van der Waals surface area contributed by atoms with Gasteiger partial charge in [-0.2, -0.15) is 13.2 Å². The predicted octanol–water partition coefficient (Wildman–Crippen LogP) is 4.96. The number of H-pyrrole nitrogens is 1. The fraction of sp³-hybridized carbons (Fsp3) is 0.150. The van der Waals surface area contributed by atoms with Crippen molar-refractivity contribution in [2.75, 3.05) is 0 Å². The third kappa shape index (κ3) is 4.31. The van der Waals surface area contributed by atoms with Crippen molar-refractivity contribution >= 4 is 10.9 Å². The van der Waals surface area contributed by atoms with E-state index in [1.807, 2.05) is 25.3 Å². The van der Waals surface area contributed by atoms with Gasteiger partial charge in [-0.3, -0.25) is 4.79 Å². The summed E-state index contributed by atoms with van der Waals surface area (Å²) in [5.74, 6) is 0.603. The number of halogens is 3. The van der Waals surface area contributed by atoms with Gasteiger partial charge in [0.25, 0.3) is 0 Å². The summed E-state index contributed by atoms with van der Waals surface area (Å²) in [5, 5.41) is 3.92. The Morgan fingerprint density at radius 3 is 2.48 bits per heavy atom. The lowest BCUT2D eigenvalue weighted by atomic mass is 10.1. The highest BCUT2D eigenvalue weighted by Gasteiger charge is 2.30. The molecule has 1 heterocycles. The maximum absolute atomic E-state index is 12.7. The van der Waals surface area contributed by atoms with Gasteiger partial charge < -0.3 is 15.0 Å². The number of rotatable bonds is 5. The number of allylic oxidation sites excluding steroid dienone is 1. The zero-order valence-corrected chi connectivity index (χ0v) is 14.4. The van der Waals surface area contributed by atoms with Crippen LogP contribution in [0, 0.1) is 0 Å². The summed E-state index contributed by atoms with van der Waals surface area (Å²) >= 11 is 0. The second kappa shape index (κ2) is 7.57. The van der Waals surface area contributed by atoms with Crippen LogP contribution in [0.3, 0.4) is 0 Å². The molecule has 0 bridgehead atoms. The molecule has 7 heteroatoms. The molecular weight excluding hydrogens is 357 g/mol. The molecule has 140 valence electrons. The van der Waals surface area contributed by atoms with Crippen LogP contribution in [0.1, 0.15) is 18.1 Å². The lowest BCUT2D eigenvalue weighted by Gasteiger charge is -2.13. The number of aromatic amines is 1. The number of ether oxygens (including phenoxy) is 1. The summed E-state index contributed by atoms with van der Waals surface area (Å²) in [7, 11) is 0. The Morgan fingerprint density at radius 1 is 1.07 bits per heavy atom. The normalized spacial score (nSPS) is 11.9. The number of hydrogen-bond donors (Lipinski definition) is 2. The molecule has 0 unspecified atom stereocenters. The molecule has 3 aromatic rings. The molecule has 4 nitrogen and oxygen atoms in total. The highest BCUT2D eigenvalue weighted by molar-refractivity contribution is 5.87. The second-order valence-corrected chi connectivity index (χ2v) is 5.84. The van der Waals surface area contributed by atoms with Gasteiger partial charge in [0.1, 0.15) is 5.75 Å². The van der Waals surface area contributed by atoms with Crippen LogP contribution >= 0.6 is 0 Å². The molecule has 2 N–H and O–H groups in total. The maximum atomic E-state index is 12.7. The molecule has 0 radical (unpaired) electrons. The molecule has 0 aliphatic carbocycles. The van der Waals surface area contributed by atoms with E-state index in [2.05, 4.69) is 10.3 Å². The number of nitrogens with one attached hydrogen (secondary N) is 2. The van der Waals surface area contributed by atoms with E-state index in [9.17, 15) is 18.0 Å². The third-order valence-electron chi connectivity index (χ3n) is 3.93. The molecule has 0 saturated heterocycles. The van der Waals surface area contributed by atoms with E-state index in [4.69, 9.17) is 4.74 Å². The fourth-order valence-electron chi connectivity index (χ4n) is 2.65. The van der Waals surface area contributed by atoms with Crippen LogP contribution in [0.15, 0.2) is 65.6 Å². The first kappa shape index (κ1) is 18.6. The molecular formula is C20H17F3N2O2. The smallest absolute Gasteiger partial charge is 0.416 e. The molecule has 0 aliphatic heterocycles. The van der Waals surface area contributed by atoms with Gasteiger partial charge in [-0.15, -0.1) is 0 Å². The van der Waals surface area contributed by atoms with Crippen molar-refractivity contribution in [3.05, 3.63) is 82.3 Å². The molecule has 0 fully saturated rings. The molecule has 2 aromatic carbocycles. The Labute approximate surface area is 153 Å². The molecule has 0 saturated carbocycles. The first-order valence-electron chi connectivity index (χ1n) is 8.23. The van der Waals surface area contributed by atoms with Gasteiger partial charge in [0.15, 0.2) is 5.75 Å². The average Bonchev–Trinajstić information content (AvgIpc) is 2.63. The number of pyridine rings is 1. The second-order valence-electron chi connectivity index (χ2n) is 5.84. The lowest BCUT2D eigenvalue weighted by molar-refractivity contribution is -0.137. The Balaban J connectivity index is 1.96. The highest BCUT2D eigenvalue weighted by Crippen LogP contribution is 2.33. The van der Waals surface area contributed by atoms with E-state index in [0.29, 0.717) is 17.8 Å². The van der Waals surface area contributed by atoms with E-state index >= 15 is 0 Å². The zero-order valence-electron chi connectivity index (χ0n) is 14.4. The minimum absolute atomic E-state index is 0.244. The van der Waals surface area contributed by atoms with Gasteiger partial charge in [0, 0.05) is 18.0 Å². The molecule has 3 rings (SSSR count). The van der Waals surface area contributed by atoms with Gasteiger partial charge in [-0.25, -0.2) is 0 Å². The summed E-state index contributed by atoms with van der Waals surface area (Å²) in [5.41, 5.74) is 0.387. The Kier molecular flexibility index (Phi) is 5.21. The summed E-state index contributed by atoms with van der Waals surface area (Å²) in [6.45, 7) is 2.44. The molecule has 1 aromatic heterocycles. The molecule has 0 amide bonds. The Bertz CT molecular complexity index is 1020. The topological polar surface area (TPSA) is 54.1 Å². The van der Waals surface area contributed by atoms with Crippen molar-refractivity contribution in [3.63, 3.8) is 0 Å². The maximum Gasteiger partial charge on any atom is 0.416 e. The summed E-state index contributed by atoms with van der Waals surface area (Å²) in [4.78, 5) is 14.5. The summed E-state index contributed by atoms with van der Waals surface area (Å²) in [6, 6.07) is 11.0. The van der Waals surface area contributed by atoms with Crippen LogP contribution in [0.2, 0.25) is 0 Å². The minimum Gasteiger partial charge on any atom is -0.455 e. The van der Waals surface area contributed by atoms with Crippen molar-refractivity contribution in [2.24, 2.45) is 0 Å². The monoisotopic (exact) mass is 374 g/mol. The van der Waals surface area contributed by atoms with Crippen LogP contribution in [0.5, 0.6) is 11.5 Å². The van der Waals surface area contributed by atoms with Crippen molar-refractivity contribution in [1.82, 2.24) is 10.3 Å². The summed E-state index contributed by atoms with van der Waals surface area (Å²) in [6.07, 6.45) is -0.728. The van der Waals surface area contributed by atoms with E-state index in [1.54, 1.807) is 12.1 Å². The molecule has 27 heavy (non-hydrogen) atoms. The Hall–Kier alpha value is -3.22. The van der Waals surface area contributed by atoms with E-state index < -0.39 is 11.7 Å². The first-order valence-corrected chi connectivity index (χ1v) is 8.23. The Morgan fingerprint density at radius 2 is 1.81 bits per heavy atom. The number of alkyl halides is 3. The van der Waals surface area contributed by atoms with Gasteiger partial charge >= 0.3 is 6.18 Å². The first-order chi connectivity index (χ1) is 12.9. The van der Waals surface area contributed by atoms with Crippen LogP contribution in [0.25, 0.3) is 10.9 Å². The zero-order chi connectivity index (χ0) is 19.4. The van der Waals surface area contributed by atoms with Crippen molar-refractivity contribution in [2.45, 2.75) is 19.6 Å². The lowest BCUT2D eigenvalue weighted by Crippen LogP contribution is -2.08. The van der Waals surface area contributed by atoms with Crippen molar-refractivity contribution in [3.8, 4) is 11.5 Å². The van der Waals surface area contributed by atoms with Gasteiger partial charge in [-0.05, 0) is 55.1 Å². The predicted molar refractivity (Wildman–Crippen MR) is 97.7 cm³/mol. The minimum atomic E-state index is -4.40. The van der Waals surface area contributed by atoms with Crippen LogP contribution in [-0.2, 0) is 12.7 Å². The quantitative estimate of drug-likeness (QED) is 0.664. The van der Waals surface area contributed by atoms with Gasteiger partial charge in [0.2, 0.25) is 5.56 Å². The van der Waals surface area contributed by atoms with Crippen molar-refractivity contribution in [1.29, 1.82) is 0 Å². The van der Waals surface area contributed by atoms with Crippen LogP contribution in [-0.4, -0.2) is 4.98 Å². The molecule has 0 atom stereocenters. The van der Waals surface area contributed by atoms with Gasteiger partial charge in [-0.1, -0.05) is 12.1 Å².